The summed E-state index contributed by atoms with van der Waals surface area (Å²) < 4.78 is 8.11. The minimum atomic E-state index is 0.337. The van der Waals surface area contributed by atoms with Crippen molar-refractivity contribution < 1.29 is 4.74 Å². The molecule has 1 aliphatic heterocycles. The Morgan fingerprint density at radius 1 is 1.33 bits per heavy atom. The lowest BCUT2D eigenvalue weighted by atomic mass is 10.2. The smallest absolute Gasteiger partial charge is 0.203 e. The van der Waals surface area contributed by atoms with E-state index in [0.717, 1.165) is 41.5 Å². The Balaban J connectivity index is 1.42. The first kappa shape index (κ1) is 17.9. The van der Waals surface area contributed by atoms with Gasteiger partial charge in [0.15, 0.2) is 0 Å². The summed E-state index contributed by atoms with van der Waals surface area (Å²) >= 11 is 1.56. The fourth-order valence-corrected chi connectivity index (χ4v) is 4.12. The molecule has 1 fully saturated rings. The van der Waals surface area contributed by atoms with Gasteiger partial charge < -0.3 is 9.30 Å². The van der Waals surface area contributed by atoms with Gasteiger partial charge in [-0.15, -0.1) is 11.3 Å². The fourth-order valence-electron chi connectivity index (χ4n) is 3.45. The van der Waals surface area contributed by atoms with Crippen molar-refractivity contribution in [3.8, 4) is 11.3 Å². The van der Waals surface area contributed by atoms with Gasteiger partial charge >= 0.3 is 0 Å². The van der Waals surface area contributed by atoms with Gasteiger partial charge in [0.05, 0.1) is 18.0 Å². The fraction of sp³-hybridized carbons (Fsp3) is 0.333. The summed E-state index contributed by atoms with van der Waals surface area (Å²) in [7, 11) is 0. The average molecular weight is 381 g/mol. The molecule has 0 saturated carbocycles. The predicted molar refractivity (Wildman–Crippen MR) is 112 cm³/mol. The lowest BCUT2D eigenvalue weighted by Crippen LogP contribution is -2.16. The van der Waals surface area contributed by atoms with E-state index in [-0.39, 0.29) is 0 Å². The molecule has 6 heteroatoms. The van der Waals surface area contributed by atoms with E-state index in [1.807, 2.05) is 29.8 Å². The standard InChI is InChI=1S/C21H24N4OS/c1-15-11-18(16(2)25(15)13-19-9-6-10-26-19)12-22-24-21-23-20(14-27-21)17-7-4-3-5-8-17/h3-5,7-8,11-12,14,19H,6,9-10,13H2,1-2H3,(H,23,24)/b22-12-/t19-/m1/s1. The van der Waals surface area contributed by atoms with Crippen LogP contribution >= 0.6 is 11.3 Å². The van der Waals surface area contributed by atoms with Crippen molar-refractivity contribution in [3.05, 3.63) is 58.7 Å². The maximum Gasteiger partial charge on any atom is 0.203 e. The van der Waals surface area contributed by atoms with Crippen molar-refractivity contribution in [2.45, 2.75) is 39.3 Å². The van der Waals surface area contributed by atoms with E-state index in [9.17, 15) is 0 Å². The van der Waals surface area contributed by atoms with Crippen LogP contribution < -0.4 is 5.43 Å². The molecule has 3 aromatic rings. The zero-order valence-electron chi connectivity index (χ0n) is 15.7. The molecule has 5 nitrogen and oxygen atoms in total. The highest BCUT2D eigenvalue weighted by atomic mass is 32.1. The van der Waals surface area contributed by atoms with Crippen molar-refractivity contribution >= 4 is 22.7 Å². The molecular weight excluding hydrogens is 356 g/mol. The number of hydrogen-bond donors (Lipinski definition) is 1. The van der Waals surface area contributed by atoms with E-state index >= 15 is 0 Å². The molecule has 4 rings (SSSR count). The van der Waals surface area contributed by atoms with Crippen LogP contribution in [0.25, 0.3) is 11.3 Å². The molecule has 0 aliphatic carbocycles. The molecule has 0 amide bonds. The predicted octanol–water partition coefficient (Wildman–Crippen LogP) is 4.85. The van der Waals surface area contributed by atoms with Crippen LogP contribution in [0.3, 0.4) is 0 Å². The van der Waals surface area contributed by atoms with E-state index in [0.29, 0.717) is 6.10 Å². The third kappa shape index (κ3) is 4.12. The van der Waals surface area contributed by atoms with E-state index in [2.05, 4.69) is 52.1 Å². The average Bonchev–Trinajstić information content (AvgIpc) is 3.41. The molecule has 3 heterocycles. The number of nitrogens with one attached hydrogen (secondary N) is 1. The Hall–Kier alpha value is -2.44. The molecule has 1 N–H and O–H groups in total. The largest absolute Gasteiger partial charge is 0.376 e. The van der Waals surface area contributed by atoms with Gasteiger partial charge in [-0.1, -0.05) is 30.3 Å². The summed E-state index contributed by atoms with van der Waals surface area (Å²) in [5, 5.41) is 7.23. The van der Waals surface area contributed by atoms with E-state index < -0.39 is 0 Å². The second kappa shape index (κ2) is 8.06. The Morgan fingerprint density at radius 3 is 2.96 bits per heavy atom. The molecular formula is C21H24N4OS. The number of hydrazone groups is 1. The zero-order valence-corrected chi connectivity index (χ0v) is 16.5. The lowest BCUT2D eigenvalue weighted by Gasteiger charge is -2.14. The molecule has 1 saturated heterocycles. The quantitative estimate of drug-likeness (QED) is 0.491. The number of nitrogens with zero attached hydrogens (tertiary/aromatic N) is 3. The van der Waals surface area contributed by atoms with Crippen LogP contribution in [0.4, 0.5) is 5.13 Å². The molecule has 27 heavy (non-hydrogen) atoms. The van der Waals surface area contributed by atoms with Crippen molar-refractivity contribution in [3.63, 3.8) is 0 Å². The molecule has 2 aromatic heterocycles. The number of aryl methyl sites for hydroxylation is 1. The number of benzene rings is 1. The summed E-state index contributed by atoms with van der Waals surface area (Å²) in [4.78, 5) is 4.60. The number of rotatable bonds is 6. The number of hydrogen-bond acceptors (Lipinski definition) is 5. The van der Waals surface area contributed by atoms with Crippen LogP contribution in [0.2, 0.25) is 0 Å². The normalized spacial score (nSPS) is 17.0. The van der Waals surface area contributed by atoms with Crippen LogP contribution in [0.5, 0.6) is 0 Å². The zero-order chi connectivity index (χ0) is 18.6. The van der Waals surface area contributed by atoms with Crippen molar-refractivity contribution in [2.75, 3.05) is 12.0 Å². The monoisotopic (exact) mass is 380 g/mol. The SMILES string of the molecule is Cc1cc(/C=N\Nc2nc(-c3ccccc3)cs2)c(C)n1C[C@H]1CCCO1. The molecule has 0 unspecified atom stereocenters. The summed E-state index contributed by atoms with van der Waals surface area (Å²) in [6.45, 7) is 6.09. The highest BCUT2D eigenvalue weighted by Crippen LogP contribution is 2.24. The Bertz CT molecular complexity index is 923. The van der Waals surface area contributed by atoms with Crippen LogP contribution in [-0.4, -0.2) is 28.5 Å². The second-order valence-electron chi connectivity index (χ2n) is 6.85. The van der Waals surface area contributed by atoms with Gasteiger partial charge in [0.1, 0.15) is 0 Å². The number of aromatic nitrogens is 2. The first-order valence-electron chi connectivity index (χ1n) is 9.29. The molecule has 0 radical (unpaired) electrons. The van der Waals surface area contributed by atoms with Gasteiger partial charge in [0, 0.05) is 41.0 Å². The maximum atomic E-state index is 5.78. The number of thiazole rings is 1. The summed E-state index contributed by atoms with van der Waals surface area (Å²) in [6.07, 6.45) is 4.53. The first-order chi connectivity index (χ1) is 13.2. The number of anilines is 1. The van der Waals surface area contributed by atoms with Crippen molar-refractivity contribution in [2.24, 2.45) is 5.10 Å². The summed E-state index contributed by atoms with van der Waals surface area (Å²) in [6, 6.07) is 12.3. The first-order valence-corrected chi connectivity index (χ1v) is 10.2. The van der Waals surface area contributed by atoms with Gasteiger partial charge in [0.25, 0.3) is 0 Å². The summed E-state index contributed by atoms with van der Waals surface area (Å²) in [5.74, 6) is 0. The molecule has 0 bridgehead atoms. The van der Waals surface area contributed by atoms with Gasteiger partial charge in [-0.05, 0) is 32.8 Å². The number of ether oxygens (including phenoxy) is 1. The van der Waals surface area contributed by atoms with Crippen LogP contribution in [0.1, 0.15) is 29.8 Å². The minimum Gasteiger partial charge on any atom is -0.376 e. The third-order valence-electron chi connectivity index (χ3n) is 4.96. The molecule has 1 atom stereocenters. The van der Waals surface area contributed by atoms with Gasteiger partial charge in [-0.25, -0.2) is 4.98 Å². The summed E-state index contributed by atoms with van der Waals surface area (Å²) in [5.41, 5.74) is 8.72. The van der Waals surface area contributed by atoms with E-state index in [1.54, 1.807) is 11.3 Å². The Morgan fingerprint density at radius 2 is 2.19 bits per heavy atom. The minimum absolute atomic E-state index is 0.337. The molecule has 0 spiro atoms. The second-order valence-corrected chi connectivity index (χ2v) is 7.70. The maximum absolute atomic E-state index is 5.78. The van der Waals surface area contributed by atoms with E-state index in [4.69, 9.17) is 4.74 Å². The van der Waals surface area contributed by atoms with E-state index in [1.165, 1.54) is 17.8 Å². The molecule has 1 aromatic carbocycles. The van der Waals surface area contributed by atoms with Crippen LogP contribution in [-0.2, 0) is 11.3 Å². The highest BCUT2D eigenvalue weighted by Gasteiger charge is 2.18. The molecule has 140 valence electrons. The van der Waals surface area contributed by atoms with Gasteiger partial charge in [-0.2, -0.15) is 5.10 Å². The Kier molecular flexibility index (Phi) is 5.36. The Labute approximate surface area is 163 Å². The molecule has 1 aliphatic rings. The van der Waals surface area contributed by atoms with Crippen molar-refractivity contribution in [1.82, 2.24) is 9.55 Å². The van der Waals surface area contributed by atoms with Crippen molar-refractivity contribution in [1.29, 1.82) is 0 Å². The topological polar surface area (TPSA) is 51.4 Å². The lowest BCUT2D eigenvalue weighted by molar-refractivity contribution is 0.0962. The third-order valence-corrected chi connectivity index (χ3v) is 5.71. The van der Waals surface area contributed by atoms with Gasteiger partial charge in [-0.3, -0.25) is 5.43 Å². The highest BCUT2D eigenvalue weighted by molar-refractivity contribution is 7.14. The van der Waals surface area contributed by atoms with Crippen LogP contribution in [0, 0.1) is 13.8 Å². The van der Waals surface area contributed by atoms with Gasteiger partial charge in [0.2, 0.25) is 5.13 Å². The van der Waals surface area contributed by atoms with Crippen LogP contribution in [0.15, 0.2) is 46.9 Å².